The number of hydrogen-bond donors (Lipinski definition) is 1. The third kappa shape index (κ3) is 2.27. The lowest BCUT2D eigenvalue weighted by Gasteiger charge is -2.46. The van der Waals surface area contributed by atoms with Crippen LogP contribution in [0.1, 0.15) is 45.9 Å². The van der Waals surface area contributed by atoms with E-state index in [1.165, 1.54) is 0 Å². The monoisotopic (exact) mass is 284 g/mol. The average molecular weight is 284 g/mol. The Morgan fingerprint density at radius 2 is 2.16 bits per heavy atom. The fourth-order valence-corrected chi connectivity index (χ4v) is 4.24. The maximum atomic E-state index is 11.3. The molecule has 1 atom stereocenters. The Labute approximate surface area is 119 Å². The first-order chi connectivity index (χ1) is 8.83. The van der Waals surface area contributed by atoms with Crippen molar-refractivity contribution in [3.8, 4) is 5.75 Å². The Morgan fingerprint density at radius 1 is 1.47 bits per heavy atom. The summed E-state index contributed by atoms with van der Waals surface area (Å²) < 4.78 is 7.33. The predicted molar refractivity (Wildman–Crippen MR) is 78.8 cm³/mol. The van der Waals surface area contributed by atoms with Gasteiger partial charge in [-0.15, -0.1) is 0 Å². The van der Waals surface area contributed by atoms with Crippen molar-refractivity contribution in [1.82, 2.24) is 9.78 Å². The molecule has 1 aliphatic heterocycles. The summed E-state index contributed by atoms with van der Waals surface area (Å²) in [4.78, 5) is 0. The largest absolute Gasteiger partial charge is 0.493 e. The van der Waals surface area contributed by atoms with Crippen LogP contribution in [-0.2, 0) is 5.60 Å². The molecule has 1 N–H and O–H groups in total. The van der Waals surface area contributed by atoms with E-state index in [0.717, 1.165) is 17.9 Å². The molecule has 5 heteroatoms. The van der Waals surface area contributed by atoms with Crippen molar-refractivity contribution < 1.29 is 9.84 Å². The van der Waals surface area contributed by atoms with Gasteiger partial charge in [0.05, 0.1) is 13.3 Å². The molecule has 0 saturated carbocycles. The first kappa shape index (κ1) is 14.7. The van der Waals surface area contributed by atoms with Gasteiger partial charge in [0.1, 0.15) is 11.3 Å². The number of hydrogen-bond acceptors (Lipinski definition) is 4. The van der Waals surface area contributed by atoms with Gasteiger partial charge < -0.3 is 9.84 Å². The first-order valence-electron chi connectivity index (χ1n) is 6.75. The van der Waals surface area contributed by atoms with Crippen LogP contribution in [0.4, 0.5) is 0 Å². The van der Waals surface area contributed by atoms with Gasteiger partial charge in [0, 0.05) is 17.2 Å². The molecule has 1 fully saturated rings. The van der Waals surface area contributed by atoms with Crippen LogP contribution in [0.2, 0.25) is 0 Å². The molecular formula is C14H24N2O2S. The molecule has 108 valence electrons. The summed E-state index contributed by atoms with van der Waals surface area (Å²) in [6.45, 7) is 8.40. The number of thioether (sulfide) groups is 1. The number of aliphatic hydroxyl groups is 1. The third-order valence-corrected chi connectivity index (χ3v) is 5.28. The van der Waals surface area contributed by atoms with E-state index in [4.69, 9.17) is 4.74 Å². The number of ether oxygens (including phenoxy) is 1. The molecule has 1 aromatic rings. The molecule has 1 aliphatic rings. The van der Waals surface area contributed by atoms with Crippen molar-refractivity contribution >= 4 is 11.8 Å². The van der Waals surface area contributed by atoms with Gasteiger partial charge in [0.25, 0.3) is 0 Å². The second kappa shape index (κ2) is 5.02. The fraction of sp³-hybridized carbons (Fsp3) is 0.786. The van der Waals surface area contributed by atoms with E-state index in [1.54, 1.807) is 25.1 Å². The molecule has 0 radical (unpaired) electrons. The molecule has 1 aromatic heterocycles. The molecule has 19 heavy (non-hydrogen) atoms. The Kier molecular flexibility index (Phi) is 3.89. The van der Waals surface area contributed by atoms with Crippen LogP contribution >= 0.6 is 11.8 Å². The van der Waals surface area contributed by atoms with E-state index < -0.39 is 5.60 Å². The van der Waals surface area contributed by atoms with Gasteiger partial charge in [-0.05, 0) is 26.0 Å². The van der Waals surface area contributed by atoms with Crippen LogP contribution in [0.15, 0.2) is 6.20 Å². The lowest BCUT2D eigenvalue weighted by Crippen LogP contribution is -2.49. The number of methoxy groups -OCH3 is 1. The summed E-state index contributed by atoms with van der Waals surface area (Å²) in [5.74, 6) is 2.47. The predicted octanol–water partition coefficient (Wildman–Crippen LogP) is 2.82. The van der Waals surface area contributed by atoms with E-state index in [1.807, 2.05) is 4.68 Å². The second-order valence-electron chi connectivity index (χ2n) is 6.15. The Balaban J connectivity index is 2.58. The molecule has 0 aliphatic carbocycles. The molecule has 0 amide bonds. The summed E-state index contributed by atoms with van der Waals surface area (Å²) in [5.41, 5.74) is -0.262. The topological polar surface area (TPSA) is 47.3 Å². The second-order valence-corrected chi connectivity index (χ2v) is 7.25. The normalized spacial score (nSPS) is 26.7. The maximum absolute atomic E-state index is 11.3. The van der Waals surface area contributed by atoms with Crippen LogP contribution in [0, 0.1) is 5.41 Å². The lowest BCUT2D eigenvalue weighted by atomic mass is 9.71. The Bertz CT molecular complexity index is 456. The van der Waals surface area contributed by atoms with Crippen molar-refractivity contribution in [3.63, 3.8) is 0 Å². The number of aromatic nitrogens is 2. The highest BCUT2D eigenvalue weighted by atomic mass is 32.2. The minimum absolute atomic E-state index is 0.182. The zero-order valence-electron chi connectivity index (χ0n) is 12.4. The average Bonchev–Trinajstić information content (AvgIpc) is 2.77. The lowest BCUT2D eigenvalue weighted by molar-refractivity contribution is -0.0667. The van der Waals surface area contributed by atoms with E-state index in [-0.39, 0.29) is 11.5 Å². The Morgan fingerprint density at radius 3 is 2.68 bits per heavy atom. The van der Waals surface area contributed by atoms with Crippen molar-refractivity contribution in [2.24, 2.45) is 5.41 Å². The van der Waals surface area contributed by atoms with Gasteiger partial charge >= 0.3 is 0 Å². The van der Waals surface area contributed by atoms with Crippen LogP contribution in [0.25, 0.3) is 0 Å². The minimum Gasteiger partial charge on any atom is -0.493 e. The van der Waals surface area contributed by atoms with Gasteiger partial charge in [-0.25, -0.2) is 0 Å². The standard InChI is InChI=1S/C14H24N2O2S/c1-10(2)16-12(11(18-5)8-15-16)14(17)9-19-7-6-13(14,3)4/h8,10,17H,6-7,9H2,1-5H3. The molecule has 2 heterocycles. The molecule has 0 bridgehead atoms. The van der Waals surface area contributed by atoms with Gasteiger partial charge in [0.2, 0.25) is 0 Å². The fourth-order valence-electron chi connectivity index (χ4n) is 2.62. The van der Waals surface area contributed by atoms with E-state index in [2.05, 4.69) is 32.8 Å². The van der Waals surface area contributed by atoms with E-state index in [0.29, 0.717) is 11.5 Å². The van der Waals surface area contributed by atoms with E-state index >= 15 is 0 Å². The summed E-state index contributed by atoms with van der Waals surface area (Å²) >= 11 is 1.80. The third-order valence-electron chi connectivity index (χ3n) is 4.16. The highest BCUT2D eigenvalue weighted by Gasteiger charge is 2.50. The van der Waals surface area contributed by atoms with Gasteiger partial charge in [-0.2, -0.15) is 16.9 Å². The smallest absolute Gasteiger partial charge is 0.163 e. The summed E-state index contributed by atoms with van der Waals surface area (Å²) in [7, 11) is 1.64. The van der Waals surface area contributed by atoms with Crippen molar-refractivity contribution in [3.05, 3.63) is 11.9 Å². The molecule has 1 unspecified atom stereocenters. The minimum atomic E-state index is -0.901. The molecule has 1 saturated heterocycles. The first-order valence-corrected chi connectivity index (χ1v) is 7.91. The van der Waals surface area contributed by atoms with Gasteiger partial charge in [-0.3, -0.25) is 4.68 Å². The van der Waals surface area contributed by atoms with Crippen LogP contribution in [0.5, 0.6) is 5.75 Å². The van der Waals surface area contributed by atoms with Gasteiger partial charge in [0.15, 0.2) is 5.75 Å². The highest BCUT2D eigenvalue weighted by Crippen LogP contribution is 2.51. The number of nitrogens with zero attached hydrogens (tertiary/aromatic N) is 2. The van der Waals surface area contributed by atoms with E-state index in [9.17, 15) is 5.11 Å². The molecular weight excluding hydrogens is 260 g/mol. The molecule has 4 nitrogen and oxygen atoms in total. The summed E-state index contributed by atoms with van der Waals surface area (Å²) in [6.07, 6.45) is 2.70. The Hall–Kier alpha value is -0.680. The van der Waals surface area contributed by atoms with Crippen molar-refractivity contribution in [1.29, 1.82) is 0 Å². The number of rotatable bonds is 3. The summed E-state index contributed by atoms with van der Waals surface area (Å²) in [6, 6.07) is 0.200. The van der Waals surface area contributed by atoms with Crippen molar-refractivity contribution in [2.45, 2.75) is 45.8 Å². The van der Waals surface area contributed by atoms with Crippen molar-refractivity contribution in [2.75, 3.05) is 18.6 Å². The molecule has 2 rings (SSSR count). The van der Waals surface area contributed by atoms with Crippen LogP contribution in [0.3, 0.4) is 0 Å². The quantitative estimate of drug-likeness (QED) is 0.927. The zero-order valence-corrected chi connectivity index (χ0v) is 13.3. The highest BCUT2D eigenvalue weighted by molar-refractivity contribution is 7.99. The maximum Gasteiger partial charge on any atom is 0.163 e. The van der Waals surface area contributed by atoms with Gasteiger partial charge in [-0.1, -0.05) is 13.8 Å². The van der Waals surface area contributed by atoms with Crippen LogP contribution < -0.4 is 4.74 Å². The van der Waals surface area contributed by atoms with Crippen LogP contribution in [-0.4, -0.2) is 33.5 Å². The zero-order chi connectivity index (χ0) is 14.3. The SMILES string of the molecule is COc1cnn(C(C)C)c1C1(O)CSCCC1(C)C. The summed E-state index contributed by atoms with van der Waals surface area (Å²) in [5, 5.41) is 15.7. The molecule has 0 spiro atoms. The molecule has 0 aromatic carbocycles.